The third-order valence-corrected chi connectivity index (χ3v) is 2.88. The molecule has 0 saturated carbocycles. The lowest BCUT2D eigenvalue weighted by Gasteiger charge is -2.02. The van der Waals surface area contributed by atoms with E-state index in [1.54, 1.807) is 0 Å². The zero-order chi connectivity index (χ0) is 11.5. The number of fused-ring (bicyclic) bond motifs is 1. The smallest absolute Gasteiger partial charge is 0.0483 e. The lowest BCUT2D eigenvalue weighted by atomic mass is 10.1. The summed E-state index contributed by atoms with van der Waals surface area (Å²) in [5, 5.41) is 1.35. The Labute approximate surface area is 109 Å². The molecule has 1 aromatic carbocycles. The highest BCUT2D eigenvalue weighted by molar-refractivity contribution is 5.85. The summed E-state index contributed by atoms with van der Waals surface area (Å²) in [6.07, 6.45) is 4.38. The molecule has 2 N–H and O–H groups in total. The fourth-order valence-corrected chi connectivity index (χ4v) is 2.26. The Bertz CT molecular complexity index is 474. The molecule has 0 aliphatic carbocycles. The van der Waals surface area contributed by atoms with Crippen LogP contribution >= 0.6 is 12.4 Å². The second-order valence-electron chi connectivity index (χ2n) is 4.55. The fraction of sp³-hybridized carbons (Fsp3) is 0.429. The summed E-state index contributed by atoms with van der Waals surface area (Å²) in [4.78, 5) is 0. The summed E-state index contributed by atoms with van der Waals surface area (Å²) < 4.78 is 2.34. The average Bonchev–Trinajstić information content (AvgIpc) is 2.58. The first-order valence-electron chi connectivity index (χ1n) is 6.04. The predicted octanol–water partition coefficient (Wildman–Crippen LogP) is 3.36. The minimum atomic E-state index is 0. The Morgan fingerprint density at radius 2 is 2.00 bits per heavy atom. The molecule has 0 aliphatic heterocycles. The van der Waals surface area contributed by atoms with Crippen LogP contribution in [-0.4, -0.2) is 10.6 Å². The Morgan fingerprint density at radius 3 is 2.65 bits per heavy atom. The van der Waals surface area contributed by atoms with Crippen molar-refractivity contribution < 1.29 is 0 Å². The maximum atomic E-state index is 5.89. The Balaban J connectivity index is 0.00000144. The van der Waals surface area contributed by atoms with Crippen molar-refractivity contribution in [3.05, 3.63) is 36.0 Å². The number of rotatable bonds is 4. The molecule has 0 fully saturated rings. The van der Waals surface area contributed by atoms with Gasteiger partial charge in [0, 0.05) is 29.7 Å². The van der Waals surface area contributed by atoms with Crippen LogP contribution in [0.5, 0.6) is 0 Å². The summed E-state index contributed by atoms with van der Waals surface area (Å²) in [6, 6.07) is 8.81. The van der Waals surface area contributed by atoms with E-state index in [9.17, 15) is 0 Å². The molecule has 1 aromatic heterocycles. The fourth-order valence-electron chi connectivity index (χ4n) is 2.26. The van der Waals surface area contributed by atoms with Crippen molar-refractivity contribution >= 4 is 23.3 Å². The van der Waals surface area contributed by atoms with Gasteiger partial charge in [-0.05, 0) is 31.4 Å². The van der Waals surface area contributed by atoms with Gasteiger partial charge < -0.3 is 10.3 Å². The Morgan fingerprint density at radius 1 is 1.29 bits per heavy atom. The van der Waals surface area contributed by atoms with Crippen LogP contribution in [0.3, 0.4) is 0 Å². The highest BCUT2D eigenvalue weighted by Crippen LogP contribution is 2.22. The predicted molar refractivity (Wildman–Crippen MR) is 76.8 cm³/mol. The molecule has 3 heteroatoms. The van der Waals surface area contributed by atoms with Crippen molar-refractivity contribution in [3.63, 3.8) is 0 Å². The molecular weight excluding hydrogens is 232 g/mol. The highest BCUT2D eigenvalue weighted by Gasteiger charge is 2.08. The van der Waals surface area contributed by atoms with E-state index >= 15 is 0 Å². The summed E-state index contributed by atoms with van der Waals surface area (Å²) in [6.45, 7) is 5.35. The second-order valence-corrected chi connectivity index (χ2v) is 4.55. The topological polar surface area (TPSA) is 30.9 Å². The molecule has 0 aliphatic rings. The number of hydrogen-bond donors (Lipinski definition) is 1. The zero-order valence-corrected chi connectivity index (χ0v) is 11.3. The van der Waals surface area contributed by atoms with Gasteiger partial charge in [0.1, 0.15) is 0 Å². The molecule has 0 bridgehead atoms. The van der Waals surface area contributed by atoms with Crippen LogP contribution in [0.4, 0.5) is 0 Å². The molecule has 0 amide bonds. The molecule has 0 saturated heterocycles. The molecule has 1 heterocycles. The van der Waals surface area contributed by atoms with Crippen molar-refractivity contribution in [2.45, 2.75) is 39.3 Å². The summed E-state index contributed by atoms with van der Waals surface area (Å²) in [5.74, 6) is 0. The maximum absolute atomic E-state index is 5.89. The van der Waals surface area contributed by atoms with Crippen molar-refractivity contribution in [3.8, 4) is 0 Å². The number of aryl methyl sites for hydroxylation is 1. The van der Waals surface area contributed by atoms with Crippen LogP contribution in [0, 0.1) is 0 Å². The molecule has 2 aromatic rings. The van der Waals surface area contributed by atoms with Gasteiger partial charge in [0.05, 0.1) is 0 Å². The number of benzene rings is 1. The van der Waals surface area contributed by atoms with Crippen LogP contribution < -0.4 is 5.73 Å². The van der Waals surface area contributed by atoms with E-state index in [2.05, 4.69) is 48.9 Å². The number of halogens is 1. The van der Waals surface area contributed by atoms with Gasteiger partial charge in [0.2, 0.25) is 0 Å². The van der Waals surface area contributed by atoms with Crippen molar-refractivity contribution in [2.24, 2.45) is 5.73 Å². The summed E-state index contributed by atoms with van der Waals surface area (Å²) in [5.41, 5.74) is 8.60. The lowest BCUT2D eigenvalue weighted by molar-refractivity contribution is 0.692. The number of nitrogens with two attached hydrogens (primary N) is 1. The zero-order valence-electron chi connectivity index (χ0n) is 10.5. The first-order chi connectivity index (χ1) is 7.72. The van der Waals surface area contributed by atoms with Crippen LogP contribution in [0.2, 0.25) is 0 Å². The SMILES string of the molecule is CCCn1cc(CC(C)N)c2ccccc21.Cl. The lowest BCUT2D eigenvalue weighted by Crippen LogP contribution is -2.17. The summed E-state index contributed by atoms with van der Waals surface area (Å²) in [7, 11) is 0. The summed E-state index contributed by atoms with van der Waals surface area (Å²) >= 11 is 0. The van der Waals surface area contributed by atoms with Gasteiger partial charge in [-0.3, -0.25) is 0 Å². The van der Waals surface area contributed by atoms with Gasteiger partial charge in [-0.2, -0.15) is 0 Å². The van der Waals surface area contributed by atoms with Crippen molar-refractivity contribution in [1.82, 2.24) is 4.57 Å². The number of aromatic nitrogens is 1. The molecule has 1 atom stereocenters. The maximum Gasteiger partial charge on any atom is 0.0483 e. The van der Waals surface area contributed by atoms with Gasteiger partial charge in [-0.25, -0.2) is 0 Å². The minimum absolute atomic E-state index is 0. The molecule has 0 radical (unpaired) electrons. The number of nitrogens with zero attached hydrogens (tertiary/aromatic N) is 1. The molecule has 2 nitrogen and oxygen atoms in total. The number of hydrogen-bond acceptors (Lipinski definition) is 1. The van der Waals surface area contributed by atoms with Gasteiger partial charge in [0.25, 0.3) is 0 Å². The van der Waals surface area contributed by atoms with Gasteiger partial charge in [-0.1, -0.05) is 25.1 Å². The van der Waals surface area contributed by atoms with E-state index < -0.39 is 0 Å². The van der Waals surface area contributed by atoms with E-state index in [1.165, 1.54) is 16.5 Å². The van der Waals surface area contributed by atoms with Gasteiger partial charge >= 0.3 is 0 Å². The van der Waals surface area contributed by atoms with E-state index in [-0.39, 0.29) is 18.4 Å². The van der Waals surface area contributed by atoms with Crippen molar-refractivity contribution in [1.29, 1.82) is 0 Å². The molecule has 1 unspecified atom stereocenters. The molecule has 0 spiro atoms. The second kappa shape index (κ2) is 6.08. The van der Waals surface area contributed by atoms with E-state index in [0.717, 1.165) is 19.4 Å². The standard InChI is InChI=1S/C14H20N2.ClH/c1-3-8-16-10-12(9-11(2)15)13-6-4-5-7-14(13)16;/h4-7,10-11H,3,8-9,15H2,1-2H3;1H. The minimum Gasteiger partial charge on any atom is -0.347 e. The van der Waals surface area contributed by atoms with E-state index in [4.69, 9.17) is 5.73 Å². The Kier molecular flexibility index (Phi) is 5.03. The van der Waals surface area contributed by atoms with Gasteiger partial charge in [0.15, 0.2) is 0 Å². The average molecular weight is 253 g/mol. The monoisotopic (exact) mass is 252 g/mol. The van der Waals surface area contributed by atoms with Gasteiger partial charge in [-0.15, -0.1) is 12.4 Å². The highest BCUT2D eigenvalue weighted by atomic mass is 35.5. The van der Waals surface area contributed by atoms with Crippen LogP contribution in [-0.2, 0) is 13.0 Å². The molecule has 17 heavy (non-hydrogen) atoms. The van der Waals surface area contributed by atoms with E-state index in [1.807, 2.05) is 0 Å². The van der Waals surface area contributed by atoms with Crippen molar-refractivity contribution in [2.75, 3.05) is 0 Å². The molecular formula is C14H21ClN2. The third kappa shape index (κ3) is 3.02. The van der Waals surface area contributed by atoms with E-state index in [0.29, 0.717) is 0 Å². The Hall–Kier alpha value is -0.990. The number of para-hydroxylation sites is 1. The largest absolute Gasteiger partial charge is 0.347 e. The van der Waals surface area contributed by atoms with Crippen LogP contribution in [0.15, 0.2) is 30.5 Å². The molecule has 2 rings (SSSR count). The molecule has 94 valence electrons. The quantitative estimate of drug-likeness (QED) is 0.889. The normalized spacial score (nSPS) is 12.4. The first kappa shape index (κ1) is 14.1. The first-order valence-corrected chi connectivity index (χ1v) is 6.04. The van der Waals surface area contributed by atoms with Crippen LogP contribution in [0.1, 0.15) is 25.8 Å². The van der Waals surface area contributed by atoms with Crippen LogP contribution in [0.25, 0.3) is 10.9 Å². The third-order valence-electron chi connectivity index (χ3n) is 2.88.